The second-order valence-electron chi connectivity index (χ2n) is 6.25. The van der Waals surface area contributed by atoms with Crippen LogP contribution in [0.25, 0.3) is 28.2 Å². The Morgan fingerprint density at radius 3 is 1.93 bits per heavy atom. The SMILES string of the molecule is NC(=O)CSc1nc(-c2ccccc2)c(-c2ccccc2)n1-c1ccccc1. The van der Waals surface area contributed by atoms with Crippen LogP contribution >= 0.6 is 11.8 Å². The molecule has 3 aromatic carbocycles. The van der Waals surface area contributed by atoms with Gasteiger partial charge in [0.05, 0.1) is 17.1 Å². The molecule has 1 amide bonds. The summed E-state index contributed by atoms with van der Waals surface area (Å²) in [7, 11) is 0. The van der Waals surface area contributed by atoms with Gasteiger partial charge in [0.25, 0.3) is 0 Å². The van der Waals surface area contributed by atoms with Crippen molar-refractivity contribution in [2.24, 2.45) is 5.73 Å². The molecule has 0 aliphatic heterocycles. The third kappa shape index (κ3) is 3.70. The summed E-state index contributed by atoms with van der Waals surface area (Å²) in [6, 6.07) is 30.3. The van der Waals surface area contributed by atoms with E-state index in [1.54, 1.807) is 0 Å². The maximum absolute atomic E-state index is 11.4. The number of benzene rings is 3. The lowest BCUT2D eigenvalue weighted by Crippen LogP contribution is -2.13. The van der Waals surface area contributed by atoms with Gasteiger partial charge >= 0.3 is 0 Å². The molecular weight excluding hydrogens is 366 g/mol. The molecule has 2 N–H and O–H groups in total. The van der Waals surface area contributed by atoms with Crippen molar-refractivity contribution in [1.82, 2.24) is 9.55 Å². The van der Waals surface area contributed by atoms with Gasteiger partial charge in [0.2, 0.25) is 5.91 Å². The number of amides is 1. The molecule has 1 heterocycles. The predicted octanol–water partition coefficient (Wildman–Crippen LogP) is 4.78. The summed E-state index contributed by atoms with van der Waals surface area (Å²) in [5.74, 6) is -0.193. The van der Waals surface area contributed by atoms with Crippen molar-refractivity contribution in [3.8, 4) is 28.2 Å². The van der Waals surface area contributed by atoms with Crippen molar-refractivity contribution in [2.45, 2.75) is 5.16 Å². The van der Waals surface area contributed by atoms with Crippen molar-refractivity contribution >= 4 is 17.7 Å². The molecule has 138 valence electrons. The van der Waals surface area contributed by atoms with E-state index in [0.717, 1.165) is 33.4 Å². The number of hydrogen-bond acceptors (Lipinski definition) is 3. The van der Waals surface area contributed by atoms with Crippen LogP contribution in [0, 0.1) is 0 Å². The van der Waals surface area contributed by atoms with E-state index in [2.05, 4.69) is 16.7 Å². The Morgan fingerprint density at radius 2 is 1.36 bits per heavy atom. The summed E-state index contributed by atoms with van der Waals surface area (Å²) in [6.07, 6.45) is 0. The van der Waals surface area contributed by atoms with Gasteiger partial charge in [-0.15, -0.1) is 0 Å². The molecule has 0 saturated heterocycles. The molecule has 4 rings (SSSR count). The third-order valence-electron chi connectivity index (χ3n) is 4.30. The minimum absolute atomic E-state index is 0.173. The van der Waals surface area contributed by atoms with E-state index in [1.807, 2.05) is 78.9 Å². The zero-order chi connectivity index (χ0) is 19.3. The van der Waals surface area contributed by atoms with Crippen molar-refractivity contribution < 1.29 is 4.79 Å². The summed E-state index contributed by atoms with van der Waals surface area (Å²) in [5.41, 5.74) is 10.3. The minimum atomic E-state index is -0.366. The molecule has 0 aliphatic rings. The number of para-hydroxylation sites is 1. The number of nitrogens with two attached hydrogens (primary N) is 1. The van der Waals surface area contributed by atoms with Crippen LogP contribution in [0.3, 0.4) is 0 Å². The van der Waals surface area contributed by atoms with Gasteiger partial charge < -0.3 is 5.73 Å². The van der Waals surface area contributed by atoms with Crippen LogP contribution in [-0.2, 0) is 4.79 Å². The summed E-state index contributed by atoms with van der Waals surface area (Å²) >= 11 is 1.35. The van der Waals surface area contributed by atoms with E-state index < -0.39 is 0 Å². The first-order valence-corrected chi connectivity index (χ1v) is 9.92. The average Bonchev–Trinajstić information content (AvgIpc) is 3.14. The highest BCUT2D eigenvalue weighted by molar-refractivity contribution is 7.99. The Hall–Kier alpha value is -3.31. The molecule has 1 aromatic heterocycles. The van der Waals surface area contributed by atoms with Crippen molar-refractivity contribution in [2.75, 3.05) is 5.75 Å². The zero-order valence-electron chi connectivity index (χ0n) is 15.2. The van der Waals surface area contributed by atoms with E-state index in [0.29, 0.717) is 0 Å². The van der Waals surface area contributed by atoms with E-state index in [4.69, 9.17) is 10.7 Å². The maximum atomic E-state index is 11.4. The number of aromatic nitrogens is 2. The van der Waals surface area contributed by atoms with Crippen LogP contribution in [0.2, 0.25) is 0 Å². The molecular formula is C23H19N3OS. The summed E-state index contributed by atoms with van der Waals surface area (Å²) in [6.45, 7) is 0. The Bertz CT molecular complexity index is 1080. The predicted molar refractivity (Wildman–Crippen MR) is 114 cm³/mol. The Kier molecular flexibility index (Phi) is 5.26. The van der Waals surface area contributed by atoms with Gasteiger partial charge in [-0.3, -0.25) is 9.36 Å². The van der Waals surface area contributed by atoms with Gasteiger partial charge in [-0.1, -0.05) is 90.6 Å². The van der Waals surface area contributed by atoms with Crippen LogP contribution < -0.4 is 5.73 Å². The van der Waals surface area contributed by atoms with Gasteiger partial charge in [-0.2, -0.15) is 0 Å². The lowest BCUT2D eigenvalue weighted by Gasteiger charge is -2.13. The highest BCUT2D eigenvalue weighted by Crippen LogP contribution is 2.37. The first-order chi connectivity index (χ1) is 13.7. The van der Waals surface area contributed by atoms with E-state index in [9.17, 15) is 4.79 Å². The van der Waals surface area contributed by atoms with Gasteiger partial charge in [-0.25, -0.2) is 4.98 Å². The highest BCUT2D eigenvalue weighted by atomic mass is 32.2. The lowest BCUT2D eigenvalue weighted by atomic mass is 10.0. The van der Waals surface area contributed by atoms with Crippen LogP contribution in [0.4, 0.5) is 0 Å². The fourth-order valence-corrected chi connectivity index (χ4v) is 3.86. The number of primary amides is 1. The largest absolute Gasteiger partial charge is 0.369 e. The smallest absolute Gasteiger partial charge is 0.227 e. The standard InChI is InChI=1S/C23H19N3OS/c24-20(27)16-28-23-25-21(17-10-4-1-5-11-17)22(18-12-6-2-7-13-18)26(23)19-14-8-3-9-15-19/h1-15H,16H2,(H2,24,27). The van der Waals surface area contributed by atoms with Crippen molar-refractivity contribution in [1.29, 1.82) is 0 Å². The number of rotatable bonds is 6. The topological polar surface area (TPSA) is 60.9 Å². The molecule has 4 aromatic rings. The first kappa shape index (κ1) is 18.1. The van der Waals surface area contributed by atoms with E-state index >= 15 is 0 Å². The minimum Gasteiger partial charge on any atom is -0.369 e. The zero-order valence-corrected chi connectivity index (χ0v) is 16.0. The fraction of sp³-hybridized carbons (Fsp3) is 0.0435. The van der Waals surface area contributed by atoms with Gasteiger partial charge in [0.1, 0.15) is 0 Å². The second-order valence-corrected chi connectivity index (χ2v) is 7.19. The normalized spacial score (nSPS) is 10.7. The van der Waals surface area contributed by atoms with Crippen LogP contribution in [-0.4, -0.2) is 21.2 Å². The molecule has 5 heteroatoms. The molecule has 0 bridgehead atoms. The van der Waals surface area contributed by atoms with Crippen LogP contribution in [0.1, 0.15) is 0 Å². The first-order valence-electron chi connectivity index (χ1n) is 8.94. The molecule has 0 atom stereocenters. The fourth-order valence-electron chi connectivity index (χ4n) is 3.11. The number of thioether (sulfide) groups is 1. The molecule has 0 aliphatic carbocycles. The summed E-state index contributed by atoms with van der Waals surface area (Å²) < 4.78 is 2.10. The molecule has 0 unspecified atom stereocenters. The molecule has 0 spiro atoms. The molecule has 28 heavy (non-hydrogen) atoms. The summed E-state index contributed by atoms with van der Waals surface area (Å²) in [5, 5.41) is 0.739. The molecule has 0 fully saturated rings. The Balaban J connectivity index is 2.00. The maximum Gasteiger partial charge on any atom is 0.227 e. The van der Waals surface area contributed by atoms with Gasteiger partial charge in [0.15, 0.2) is 5.16 Å². The number of nitrogens with zero attached hydrogens (tertiary/aromatic N) is 2. The molecule has 4 nitrogen and oxygen atoms in total. The van der Waals surface area contributed by atoms with E-state index in [-0.39, 0.29) is 11.7 Å². The lowest BCUT2D eigenvalue weighted by molar-refractivity contribution is -0.115. The Labute approximate surface area is 168 Å². The molecule has 0 radical (unpaired) electrons. The number of carbonyl (C=O) groups excluding carboxylic acids is 1. The quantitative estimate of drug-likeness (QED) is 0.486. The second kappa shape index (κ2) is 8.15. The van der Waals surface area contributed by atoms with Gasteiger partial charge in [0, 0.05) is 16.8 Å². The van der Waals surface area contributed by atoms with Gasteiger partial charge in [-0.05, 0) is 12.1 Å². The van der Waals surface area contributed by atoms with Crippen molar-refractivity contribution in [3.63, 3.8) is 0 Å². The van der Waals surface area contributed by atoms with Crippen LogP contribution in [0.15, 0.2) is 96.2 Å². The average molecular weight is 385 g/mol. The highest BCUT2D eigenvalue weighted by Gasteiger charge is 2.21. The number of imidazole rings is 1. The number of hydrogen-bond donors (Lipinski definition) is 1. The monoisotopic (exact) mass is 385 g/mol. The molecule has 0 saturated carbocycles. The number of carbonyl (C=O) groups is 1. The Morgan fingerprint density at radius 1 is 0.821 bits per heavy atom. The third-order valence-corrected chi connectivity index (χ3v) is 5.26. The summed E-state index contributed by atoms with van der Waals surface area (Å²) in [4.78, 5) is 16.3. The van der Waals surface area contributed by atoms with Crippen molar-refractivity contribution in [3.05, 3.63) is 91.0 Å². The van der Waals surface area contributed by atoms with Crippen LogP contribution in [0.5, 0.6) is 0 Å². The van der Waals surface area contributed by atoms with E-state index in [1.165, 1.54) is 11.8 Å².